The molecule has 1 aliphatic rings. The normalized spacial score (nSPS) is 12.8. The van der Waals surface area contributed by atoms with Crippen LogP contribution >= 0.6 is 11.3 Å². The van der Waals surface area contributed by atoms with Gasteiger partial charge in [-0.25, -0.2) is 13.8 Å². The van der Waals surface area contributed by atoms with E-state index in [4.69, 9.17) is 0 Å². The van der Waals surface area contributed by atoms with Gasteiger partial charge in [0.2, 0.25) is 0 Å². The molecule has 1 aliphatic carbocycles. The van der Waals surface area contributed by atoms with Crippen LogP contribution < -0.4 is 5.32 Å². The summed E-state index contributed by atoms with van der Waals surface area (Å²) in [5.74, 6) is -2.56. The number of amides is 1. The molecule has 0 unspecified atom stereocenters. The fraction of sp³-hybridized carbons (Fsp3) is 0.158. The lowest BCUT2D eigenvalue weighted by atomic mass is 10.0. The molecule has 4 nitrogen and oxygen atoms in total. The van der Waals surface area contributed by atoms with Crippen LogP contribution in [0.1, 0.15) is 28.0 Å². The molecule has 1 amide bonds. The number of carbonyl (C=O) groups excluding carboxylic acids is 1. The van der Waals surface area contributed by atoms with Crippen molar-refractivity contribution in [2.45, 2.75) is 19.3 Å². The van der Waals surface area contributed by atoms with Crippen LogP contribution in [0.25, 0.3) is 10.4 Å². The van der Waals surface area contributed by atoms with Crippen LogP contribution in [0.2, 0.25) is 0 Å². The summed E-state index contributed by atoms with van der Waals surface area (Å²) in [5.41, 5.74) is 2.16. The van der Waals surface area contributed by atoms with Gasteiger partial charge >= 0.3 is 0 Å². The predicted octanol–water partition coefficient (Wildman–Crippen LogP) is 4.53. The highest BCUT2D eigenvalue weighted by Gasteiger charge is 2.22. The molecule has 1 heterocycles. The van der Waals surface area contributed by atoms with E-state index < -0.39 is 23.1 Å². The Bertz CT molecular complexity index is 997. The van der Waals surface area contributed by atoms with Crippen LogP contribution in [0, 0.1) is 11.6 Å². The molecule has 2 N–H and O–H groups in total. The lowest BCUT2D eigenvalue weighted by Crippen LogP contribution is -2.15. The third-order valence-electron chi connectivity index (χ3n) is 4.31. The SMILES string of the molecule is O=C(Nc1nc2c(s1)-c1cc(O)ccc1CCC2)c1c(F)cccc1F. The van der Waals surface area contributed by atoms with Crippen molar-refractivity contribution < 1.29 is 18.7 Å². The maximum atomic E-state index is 13.8. The number of aromatic hydroxyl groups is 1. The van der Waals surface area contributed by atoms with E-state index in [1.54, 1.807) is 12.1 Å². The quantitative estimate of drug-likeness (QED) is 0.694. The zero-order valence-electron chi connectivity index (χ0n) is 13.6. The standard InChI is InChI=1S/C19H14F2N2O2S/c20-13-4-2-5-14(21)16(13)18(25)23-19-22-15-6-1-3-10-7-8-11(24)9-12(10)17(15)26-19/h2,4-5,7-9,24H,1,3,6H2,(H,22,23,25). The molecule has 132 valence electrons. The molecule has 3 aromatic rings. The van der Waals surface area contributed by atoms with E-state index in [1.165, 1.54) is 17.4 Å². The Labute approximate surface area is 152 Å². The molecule has 0 atom stereocenters. The van der Waals surface area contributed by atoms with E-state index in [2.05, 4.69) is 10.3 Å². The summed E-state index contributed by atoms with van der Waals surface area (Å²) >= 11 is 1.24. The van der Waals surface area contributed by atoms with Crippen LogP contribution in [0.5, 0.6) is 5.75 Å². The first kappa shape index (κ1) is 16.7. The number of phenolic OH excluding ortho intramolecular Hbond substituents is 1. The smallest absolute Gasteiger partial charge is 0.263 e. The zero-order valence-corrected chi connectivity index (χ0v) is 14.4. The molecule has 0 saturated heterocycles. The van der Waals surface area contributed by atoms with Crippen LogP contribution in [-0.2, 0) is 12.8 Å². The number of fused-ring (bicyclic) bond motifs is 3. The van der Waals surface area contributed by atoms with Crippen LogP contribution in [-0.4, -0.2) is 16.0 Å². The van der Waals surface area contributed by atoms with Crippen molar-refractivity contribution in [3.8, 4) is 16.2 Å². The number of rotatable bonds is 2. The van der Waals surface area contributed by atoms with Crippen molar-refractivity contribution in [1.29, 1.82) is 0 Å². The molecule has 0 fully saturated rings. The molecule has 0 bridgehead atoms. The Morgan fingerprint density at radius 3 is 2.69 bits per heavy atom. The molecule has 26 heavy (non-hydrogen) atoms. The monoisotopic (exact) mass is 372 g/mol. The van der Waals surface area contributed by atoms with E-state index in [-0.39, 0.29) is 10.9 Å². The predicted molar refractivity (Wildman–Crippen MR) is 95.6 cm³/mol. The first-order valence-electron chi connectivity index (χ1n) is 8.10. The van der Waals surface area contributed by atoms with Gasteiger partial charge in [0.25, 0.3) is 5.91 Å². The summed E-state index contributed by atoms with van der Waals surface area (Å²) in [6.07, 6.45) is 2.50. The van der Waals surface area contributed by atoms with Crippen molar-refractivity contribution in [2.75, 3.05) is 5.32 Å². The third-order valence-corrected chi connectivity index (χ3v) is 5.35. The summed E-state index contributed by atoms with van der Waals surface area (Å²) < 4.78 is 27.6. The molecule has 4 rings (SSSR count). The number of carbonyl (C=O) groups is 1. The molecule has 1 aromatic heterocycles. The van der Waals surface area contributed by atoms with Gasteiger partial charge in [0.05, 0.1) is 10.6 Å². The number of nitrogens with zero attached hydrogens (tertiary/aromatic N) is 1. The van der Waals surface area contributed by atoms with Gasteiger partial charge in [0, 0.05) is 5.56 Å². The first-order chi connectivity index (χ1) is 12.5. The molecule has 0 radical (unpaired) electrons. The summed E-state index contributed by atoms with van der Waals surface area (Å²) in [5, 5.41) is 12.6. The number of nitrogens with one attached hydrogen (secondary N) is 1. The summed E-state index contributed by atoms with van der Waals surface area (Å²) in [6, 6.07) is 8.49. The maximum Gasteiger partial charge on any atom is 0.263 e. The van der Waals surface area contributed by atoms with Gasteiger partial charge in [-0.2, -0.15) is 0 Å². The highest BCUT2D eigenvalue weighted by molar-refractivity contribution is 7.19. The van der Waals surface area contributed by atoms with Gasteiger partial charge in [-0.3, -0.25) is 10.1 Å². The Kier molecular flexibility index (Phi) is 4.16. The Morgan fingerprint density at radius 2 is 1.92 bits per heavy atom. The number of anilines is 1. The fourth-order valence-electron chi connectivity index (χ4n) is 3.10. The van der Waals surface area contributed by atoms with Gasteiger partial charge in [-0.15, -0.1) is 0 Å². The number of phenols is 1. The lowest BCUT2D eigenvalue weighted by molar-refractivity contribution is 0.101. The van der Waals surface area contributed by atoms with E-state index in [0.717, 1.165) is 53.1 Å². The van der Waals surface area contributed by atoms with Crippen molar-refractivity contribution in [2.24, 2.45) is 0 Å². The maximum absolute atomic E-state index is 13.8. The Hall–Kier alpha value is -2.80. The molecular weight excluding hydrogens is 358 g/mol. The fourth-order valence-corrected chi connectivity index (χ4v) is 4.16. The van der Waals surface area contributed by atoms with Gasteiger partial charge in [0.1, 0.15) is 22.9 Å². The van der Waals surface area contributed by atoms with Crippen molar-refractivity contribution in [3.63, 3.8) is 0 Å². The lowest BCUT2D eigenvalue weighted by Gasteiger charge is -2.06. The topological polar surface area (TPSA) is 62.2 Å². The highest BCUT2D eigenvalue weighted by Crippen LogP contribution is 2.40. The number of aryl methyl sites for hydroxylation is 2. The molecule has 2 aromatic carbocycles. The summed E-state index contributed by atoms with van der Waals surface area (Å²) in [7, 11) is 0. The second-order valence-corrected chi connectivity index (χ2v) is 7.04. The van der Waals surface area contributed by atoms with Crippen LogP contribution in [0.15, 0.2) is 36.4 Å². The molecule has 7 heteroatoms. The molecular formula is C19H14F2N2O2S. The minimum atomic E-state index is -0.920. The number of hydrogen-bond donors (Lipinski definition) is 2. The van der Waals surface area contributed by atoms with E-state index in [1.807, 2.05) is 6.07 Å². The van der Waals surface area contributed by atoms with Crippen molar-refractivity contribution in [3.05, 3.63) is 64.9 Å². The Morgan fingerprint density at radius 1 is 1.15 bits per heavy atom. The van der Waals surface area contributed by atoms with Gasteiger partial charge < -0.3 is 5.11 Å². The first-order valence-corrected chi connectivity index (χ1v) is 8.92. The molecule has 0 aliphatic heterocycles. The van der Waals surface area contributed by atoms with Crippen molar-refractivity contribution in [1.82, 2.24) is 4.98 Å². The second kappa shape index (κ2) is 6.49. The number of benzene rings is 2. The van der Waals surface area contributed by atoms with E-state index >= 15 is 0 Å². The van der Waals surface area contributed by atoms with Crippen LogP contribution in [0.4, 0.5) is 13.9 Å². The highest BCUT2D eigenvalue weighted by atomic mass is 32.1. The number of halogens is 2. The average Bonchev–Trinajstić information content (AvgIpc) is 2.91. The van der Waals surface area contributed by atoms with Gasteiger partial charge in [-0.05, 0) is 49.1 Å². The van der Waals surface area contributed by atoms with E-state index in [0.29, 0.717) is 0 Å². The average molecular weight is 372 g/mol. The summed E-state index contributed by atoms with van der Waals surface area (Å²) in [4.78, 5) is 17.6. The second-order valence-electron chi connectivity index (χ2n) is 6.04. The minimum absolute atomic E-state index is 0.156. The molecule has 0 saturated carbocycles. The number of hydrogen-bond acceptors (Lipinski definition) is 4. The van der Waals surface area contributed by atoms with Crippen molar-refractivity contribution >= 4 is 22.4 Å². The Balaban J connectivity index is 1.69. The van der Waals surface area contributed by atoms with Gasteiger partial charge in [0.15, 0.2) is 5.13 Å². The largest absolute Gasteiger partial charge is 0.508 e. The zero-order chi connectivity index (χ0) is 18.3. The number of thiazole rings is 1. The molecule has 0 spiro atoms. The minimum Gasteiger partial charge on any atom is -0.508 e. The summed E-state index contributed by atoms with van der Waals surface area (Å²) in [6.45, 7) is 0. The third kappa shape index (κ3) is 2.94. The number of aromatic nitrogens is 1. The van der Waals surface area contributed by atoms with E-state index in [9.17, 15) is 18.7 Å². The van der Waals surface area contributed by atoms with Gasteiger partial charge in [-0.1, -0.05) is 23.5 Å². The van der Waals surface area contributed by atoms with Crippen LogP contribution in [0.3, 0.4) is 0 Å².